The molecule has 0 aromatic heterocycles. The van der Waals surface area contributed by atoms with Crippen molar-refractivity contribution in [3.63, 3.8) is 0 Å². The van der Waals surface area contributed by atoms with Crippen LogP contribution in [0.3, 0.4) is 0 Å². The maximum Gasteiger partial charge on any atom is 0.126 e. The summed E-state index contributed by atoms with van der Waals surface area (Å²) in [4.78, 5) is 4.73. The first-order chi connectivity index (χ1) is 4.31. The topological polar surface area (TPSA) is 21.6 Å². The van der Waals surface area contributed by atoms with Crippen LogP contribution in [-0.2, 0) is 4.84 Å². The molecule has 0 aliphatic heterocycles. The highest BCUT2D eigenvalue weighted by Crippen LogP contribution is 1.77. The normalized spacial score (nSPS) is 9.89. The second kappa shape index (κ2) is 5.17. The highest BCUT2D eigenvalue weighted by molar-refractivity contribution is 5.97. The van der Waals surface area contributed by atoms with Gasteiger partial charge >= 0.3 is 0 Å². The molecule has 0 spiro atoms. The molecule has 9 heavy (non-hydrogen) atoms. The summed E-state index contributed by atoms with van der Waals surface area (Å²) in [7, 11) is 0. The Morgan fingerprint density at radius 3 is 2.78 bits per heavy atom. The van der Waals surface area contributed by atoms with E-state index in [0.717, 1.165) is 5.71 Å². The second-order valence-corrected chi connectivity index (χ2v) is 1.47. The van der Waals surface area contributed by atoms with Crippen molar-refractivity contribution in [1.29, 1.82) is 0 Å². The third kappa shape index (κ3) is 4.89. The molecule has 50 valence electrons. The van der Waals surface area contributed by atoms with Crippen molar-refractivity contribution in [2.45, 2.75) is 20.8 Å². The van der Waals surface area contributed by atoms with Crippen molar-refractivity contribution in [3.05, 3.63) is 0 Å². The van der Waals surface area contributed by atoms with Crippen LogP contribution >= 0.6 is 0 Å². The van der Waals surface area contributed by atoms with E-state index in [1.165, 1.54) is 0 Å². The lowest BCUT2D eigenvalue weighted by atomic mass is 10.4. The van der Waals surface area contributed by atoms with E-state index in [0.29, 0.717) is 6.61 Å². The molecule has 0 aliphatic carbocycles. The van der Waals surface area contributed by atoms with Gasteiger partial charge in [0.05, 0.1) is 0 Å². The van der Waals surface area contributed by atoms with Gasteiger partial charge in [-0.15, -0.1) is 0 Å². The van der Waals surface area contributed by atoms with Gasteiger partial charge in [-0.3, -0.25) is 0 Å². The predicted octanol–water partition coefficient (Wildman–Crippen LogP) is 1.42. The zero-order valence-electron chi connectivity index (χ0n) is 6.06. The standard InChI is InChI=1S/C7H11NO/c1-4-6-7(3)8-9-5-2/h5H2,1-3H3. The fourth-order valence-corrected chi connectivity index (χ4v) is 0.365. The molecule has 0 aromatic carbocycles. The molecule has 0 heterocycles. The largest absolute Gasteiger partial charge is 0.395 e. The lowest BCUT2D eigenvalue weighted by Gasteiger charge is -1.89. The van der Waals surface area contributed by atoms with Crippen molar-refractivity contribution in [2.24, 2.45) is 5.16 Å². The summed E-state index contributed by atoms with van der Waals surface area (Å²) < 4.78 is 0. The molecule has 0 saturated heterocycles. The first-order valence-corrected chi connectivity index (χ1v) is 2.90. The van der Waals surface area contributed by atoms with Crippen LogP contribution in [0.5, 0.6) is 0 Å². The molecule has 0 aliphatic rings. The van der Waals surface area contributed by atoms with Crippen molar-refractivity contribution in [1.82, 2.24) is 0 Å². The number of oxime groups is 1. The lowest BCUT2D eigenvalue weighted by molar-refractivity contribution is 0.159. The van der Waals surface area contributed by atoms with Crippen molar-refractivity contribution in [2.75, 3.05) is 6.61 Å². The van der Waals surface area contributed by atoms with E-state index in [4.69, 9.17) is 4.84 Å². The predicted molar refractivity (Wildman–Crippen MR) is 38.2 cm³/mol. The van der Waals surface area contributed by atoms with Crippen LogP contribution < -0.4 is 0 Å². The Morgan fingerprint density at radius 2 is 2.33 bits per heavy atom. The molecular formula is C7H11NO. The Hall–Kier alpha value is -0.970. The van der Waals surface area contributed by atoms with Gasteiger partial charge in [0.1, 0.15) is 12.3 Å². The van der Waals surface area contributed by atoms with E-state index in [9.17, 15) is 0 Å². The Morgan fingerprint density at radius 1 is 1.67 bits per heavy atom. The van der Waals surface area contributed by atoms with Crippen LogP contribution in [0.15, 0.2) is 5.16 Å². The van der Waals surface area contributed by atoms with Gasteiger partial charge in [-0.05, 0) is 26.7 Å². The molecule has 0 radical (unpaired) electrons. The van der Waals surface area contributed by atoms with Crippen molar-refractivity contribution in [3.8, 4) is 11.8 Å². The van der Waals surface area contributed by atoms with Gasteiger partial charge in [-0.25, -0.2) is 0 Å². The minimum Gasteiger partial charge on any atom is -0.395 e. The third-order valence-electron chi connectivity index (χ3n) is 0.636. The van der Waals surface area contributed by atoms with Crippen LogP contribution in [0.25, 0.3) is 0 Å². The van der Waals surface area contributed by atoms with Crippen LogP contribution in [0.4, 0.5) is 0 Å². The molecule has 2 heteroatoms. The second-order valence-electron chi connectivity index (χ2n) is 1.47. The molecule has 0 bridgehead atoms. The van der Waals surface area contributed by atoms with E-state index in [1.807, 2.05) is 13.8 Å². The fourth-order valence-electron chi connectivity index (χ4n) is 0.365. The molecule has 0 saturated carbocycles. The zero-order valence-corrected chi connectivity index (χ0v) is 6.06. The van der Waals surface area contributed by atoms with Gasteiger partial charge in [0, 0.05) is 0 Å². The molecule has 0 unspecified atom stereocenters. The summed E-state index contributed by atoms with van der Waals surface area (Å²) in [6, 6.07) is 0. The summed E-state index contributed by atoms with van der Waals surface area (Å²) in [6.07, 6.45) is 0. The van der Waals surface area contributed by atoms with Crippen molar-refractivity contribution < 1.29 is 4.84 Å². The minimum absolute atomic E-state index is 0.600. The highest BCUT2D eigenvalue weighted by atomic mass is 16.6. The Kier molecular flexibility index (Phi) is 4.61. The minimum atomic E-state index is 0.600. The van der Waals surface area contributed by atoms with Gasteiger partial charge in [-0.1, -0.05) is 11.1 Å². The Labute approximate surface area is 55.9 Å². The van der Waals surface area contributed by atoms with Crippen LogP contribution in [-0.4, -0.2) is 12.3 Å². The number of nitrogens with zero attached hydrogens (tertiary/aromatic N) is 1. The molecular weight excluding hydrogens is 114 g/mol. The fraction of sp³-hybridized carbons (Fsp3) is 0.571. The molecule has 2 nitrogen and oxygen atoms in total. The van der Waals surface area contributed by atoms with Gasteiger partial charge < -0.3 is 4.84 Å². The zero-order chi connectivity index (χ0) is 7.11. The van der Waals surface area contributed by atoms with E-state index in [1.54, 1.807) is 6.92 Å². The van der Waals surface area contributed by atoms with E-state index >= 15 is 0 Å². The summed E-state index contributed by atoms with van der Waals surface area (Å²) >= 11 is 0. The van der Waals surface area contributed by atoms with Crippen molar-refractivity contribution >= 4 is 5.71 Å². The first kappa shape index (κ1) is 8.03. The average molecular weight is 125 g/mol. The Bertz CT molecular complexity index is 150. The molecule has 0 N–H and O–H groups in total. The van der Waals surface area contributed by atoms with Crippen LogP contribution in [0.2, 0.25) is 0 Å². The number of hydrogen-bond acceptors (Lipinski definition) is 2. The van der Waals surface area contributed by atoms with E-state index < -0.39 is 0 Å². The maximum absolute atomic E-state index is 4.73. The monoisotopic (exact) mass is 125 g/mol. The summed E-state index contributed by atoms with van der Waals surface area (Å²) in [6.45, 7) is 6.07. The average Bonchev–Trinajstić information content (AvgIpc) is 1.85. The van der Waals surface area contributed by atoms with E-state index in [-0.39, 0.29) is 0 Å². The summed E-state index contributed by atoms with van der Waals surface area (Å²) in [5.41, 5.74) is 0.722. The van der Waals surface area contributed by atoms with Gasteiger partial charge in [0.25, 0.3) is 0 Å². The first-order valence-electron chi connectivity index (χ1n) is 2.90. The van der Waals surface area contributed by atoms with Gasteiger partial charge in [-0.2, -0.15) is 0 Å². The lowest BCUT2D eigenvalue weighted by Crippen LogP contribution is -1.88. The Balaban J connectivity index is 3.65. The van der Waals surface area contributed by atoms with Gasteiger partial charge in [0.2, 0.25) is 0 Å². The quantitative estimate of drug-likeness (QED) is 0.311. The van der Waals surface area contributed by atoms with Crippen LogP contribution in [0.1, 0.15) is 20.8 Å². The smallest absolute Gasteiger partial charge is 0.126 e. The number of hydrogen-bond donors (Lipinski definition) is 0. The van der Waals surface area contributed by atoms with E-state index in [2.05, 4.69) is 17.0 Å². The maximum atomic E-state index is 4.73. The van der Waals surface area contributed by atoms with Gasteiger partial charge in [0.15, 0.2) is 0 Å². The molecule has 0 atom stereocenters. The highest BCUT2D eigenvalue weighted by Gasteiger charge is 1.79. The number of rotatable bonds is 2. The SMILES string of the molecule is CC#CC(C)=NOCC. The summed E-state index contributed by atoms with van der Waals surface area (Å²) in [5.74, 6) is 5.47. The molecule has 0 fully saturated rings. The van der Waals surface area contributed by atoms with Crippen LogP contribution in [0, 0.1) is 11.8 Å². The molecule has 0 rings (SSSR count). The molecule has 0 amide bonds. The molecule has 0 aromatic rings. The summed E-state index contributed by atoms with van der Waals surface area (Å²) in [5, 5.41) is 3.68. The third-order valence-corrected chi connectivity index (χ3v) is 0.636.